The Balaban J connectivity index is 1.47. The predicted molar refractivity (Wildman–Crippen MR) is 91.8 cm³/mol. The molecule has 0 atom stereocenters. The summed E-state index contributed by atoms with van der Waals surface area (Å²) in [5.74, 6) is 2.55. The van der Waals surface area contributed by atoms with E-state index in [2.05, 4.69) is 22.8 Å². The van der Waals surface area contributed by atoms with Crippen LogP contribution in [-0.2, 0) is 13.2 Å². The van der Waals surface area contributed by atoms with E-state index in [0.29, 0.717) is 6.61 Å². The smallest absolute Gasteiger partial charge is 0.120 e. The quantitative estimate of drug-likeness (QED) is 0.786. The van der Waals surface area contributed by atoms with E-state index in [-0.39, 0.29) is 0 Å². The Morgan fingerprint density at radius 2 is 1.87 bits per heavy atom. The molecule has 1 heterocycles. The Morgan fingerprint density at radius 1 is 1.04 bits per heavy atom. The van der Waals surface area contributed by atoms with Gasteiger partial charge in [-0.15, -0.1) is 0 Å². The summed E-state index contributed by atoms with van der Waals surface area (Å²) in [4.78, 5) is 0. The highest BCUT2D eigenvalue weighted by molar-refractivity contribution is 5.30. The van der Waals surface area contributed by atoms with Crippen LogP contribution in [0.5, 0.6) is 11.5 Å². The fourth-order valence-electron chi connectivity index (χ4n) is 2.55. The van der Waals surface area contributed by atoms with Crippen molar-refractivity contribution in [1.82, 2.24) is 10.6 Å². The van der Waals surface area contributed by atoms with Gasteiger partial charge in [-0.1, -0.05) is 24.3 Å². The highest BCUT2D eigenvalue weighted by Crippen LogP contribution is 2.17. The molecule has 0 bridgehead atoms. The number of benzene rings is 2. The van der Waals surface area contributed by atoms with Crippen molar-refractivity contribution < 1.29 is 9.47 Å². The van der Waals surface area contributed by atoms with Crippen LogP contribution in [0, 0.1) is 5.92 Å². The molecule has 0 saturated carbocycles. The SMILES string of the molecule is COc1ccc(COc2cccc(CNCC3CNC3)c2)cc1. The number of hydrogen-bond acceptors (Lipinski definition) is 4. The lowest BCUT2D eigenvalue weighted by atomic mass is 10.0. The van der Waals surface area contributed by atoms with Crippen molar-refractivity contribution in [2.24, 2.45) is 5.92 Å². The Morgan fingerprint density at radius 3 is 2.57 bits per heavy atom. The van der Waals surface area contributed by atoms with Crippen molar-refractivity contribution in [2.75, 3.05) is 26.7 Å². The molecule has 4 heteroatoms. The molecule has 3 rings (SSSR count). The van der Waals surface area contributed by atoms with Crippen LogP contribution in [0.15, 0.2) is 48.5 Å². The first-order valence-corrected chi connectivity index (χ1v) is 8.09. The maximum Gasteiger partial charge on any atom is 0.120 e. The summed E-state index contributed by atoms with van der Waals surface area (Å²) in [6.45, 7) is 4.80. The first-order chi connectivity index (χ1) is 11.3. The molecule has 1 fully saturated rings. The molecule has 1 saturated heterocycles. The molecule has 4 nitrogen and oxygen atoms in total. The molecular formula is C19H24N2O2. The second kappa shape index (κ2) is 7.99. The molecule has 1 aliphatic heterocycles. The average Bonchev–Trinajstić information content (AvgIpc) is 2.56. The van der Waals surface area contributed by atoms with Gasteiger partial charge in [0, 0.05) is 26.2 Å². The molecule has 23 heavy (non-hydrogen) atoms. The Hall–Kier alpha value is -2.04. The van der Waals surface area contributed by atoms with Crippen LogP contribution in [-0.4, -0.2) is 26.7 Å². The Labute approximate surface area is 137 Å². The largest absolute Gasteiger partial charge is 0.497 e. The third kappa shape index (κ3) is 4.71. The van der Waals surface area contributed by atoms with Gasteiger partial charge in [0.15, 0.2) is 0 Å². The van der Waals surface area contributed by atoms with E-state index in [1.54, 1.807) is 7.11 Å². The minimum Gasteiger partial charge on any atom is -0.497 e. The lowest BCUT2D eigenvalue weighted by Crippen LogP contribution is -2.47. The van der Waals surface area contributed by atoms with Crippen LogP contribution >= 0.6 is 0 Å². The molecule has 2 N–H and O–H groups in total. The van der Waals surface area contributed by atoms with E-state index in [4.69, 9.17) is 9.47 Å². The number of ether oxygens (including phenoxy) is 2. The third-order valence-electron chi connectivity index (χ3n) is 4.09. The maximum absolute atomic E-state index is 5.89. The minimum atomic E-state index is 0.564. The van der Waals surface area contributed by atoms with Gasteiger partial charge in [0.25, 0.3) is 0 Å². The molecular weight excluding hydrogens is 288 g/mol. The van der Waals surface area contributed by atoms with E-state index in [0.717, 1.165) is 49.2 Å². The van der Waals surface area contributed by atoms with Crippen LogP contribution in [0.25, 0.3) is 0 Å². The zero-order valence-electron chi connectivity index (χ0n) is 13.5. The minimum absolute atomic E-state index is 0.564. The van der Waals surface area contributed by atoms with Gasteiger partial charge < -0.3 is 20.1 Å². The van der Waals surface area contributed by atoms with Gasteiger partial charge in [0.1, 0.15) is 18.1 Å². The second-order valence-electron chi connectivity index (χ2n) is 5.94. The average molecular weight is 312 g/mol. The lowest BCUT2D eigenvalue weighted by molar-refractivity contribution is 0.305. The summed E-state index contributed by atoms with van der Waals surface area (Å²) in [5, 5.41) is 6.80. The summed E-state index contributed by atoms with van der Waals surface area (Å²) < 4.78 is 11.0. The molecule has 0 spiro atoms. The fourth-order valence-corrected chi connectivity index (χ4v) is 2.55. The molecule has 2 aromatic carbocycles. The van der Waals surface area contributed by atoms with Crippen LogP contribution < -0.4 is 20.1 Å². The zero-order chi connectivity index (χ0) is 15.9. The van der Waals surface area contributed by atoms with Crippen molar-refractivity contribution >= 4 is 0 Å². The molecule has 0 amide bonds. The summed E-state index contributed by atoms with van der Waals surface area (Å²) in [6, 6.07) is 16.2. The van der Waals surface area contributed by atoms with Crippen molar-refractivity contribution in [3.8, 4) is 11.5 Å². The lowest BCUT2D eigenvalue weighted by Gasteiger charge is -2.27. The number of nitrogens with one attached hydrogen (secondary N) is 2. The van der Waals surface area contributed by atoms with E-state index < -0.39 is 0 Å². The normalized spacial score (nSPS) is 14.3. The van der Waals surface area contributed by atoms with Gasteiger partial charge in [0.05, 0.1) is 7.11 Å². The number of rotatable bonds is 8. The zero-order valence-corrected chi connectivity index (χ0v) is 13.5. The molecule has 0 unspecified atom stereocenters. The molecule has 2 aromatic rings. The molecule has 122 valence electrons. The number of hydrogen-bond donors (Lipinski definition) is 2. The Bertz CT molecular complexity index is 609. The summed E-state index contributed by atoms with van der Waals surface area (Å²) in [5.41, 5.74) is 2.39. The van der Waals surface area contributed by atoms with Crippen LogP contribution in [0.3, 0.4) is 0 Å². The Kier molecular flexibility index (Phi) is 5.51. The molecule has 0 aliphatic carbocycles. The molecule has 0 radical (unpaired) electrons. The first-order valence-electron chi connectivity index (χ1n) is 8.09. The van der Waals surface area contributed by atoms with Gasteiger partial charge in [-0.3, -0.25) is 0 Å². The third-order valence-corrected chi connectivity index (χ3v) is 4.09. The van der Waals surface area contributed by atoms with Gasteiger partial charge in [-0.25, -0.2) is 0 Å². The second-order valence-corrected chi connectivity index (χ2v) is 5.94. The van der Waals surface area contributed by atoms with E-state index >= 15 is 0 Å². The predicted octanol–water partition coefficient (Wildman–Crippen LogP) is 2.58. The van der Waals surface area contributed by atoms with Gasteiger partial charge in [-0.2, -0.15) is 0 Å². The van der Waals surface area contributed by atoms with E-state index in [1.165, 1.54) is 5.56 Å². The van der Waals surface area contributed by atoms with Crippen molar-refractivity contribution in [2.45, 2.75) is 13.2 Å². The first kappa shape index (κ1) is 15.8. The van der Waals surface area contributed by atoms with Gasteiger partial charge in [-0.05, 0) is 41.3 Å². The fraction of sp³-hybridized carbons (Fsp3) is 0.368. The summed E-state index contributed by atoms with van der Waals surface area (Å²) in [7, 11) is 1.67. The molecule has 1 aliphatic rings. The number of methoxy groups -OCH3 is 1. The molecule has 0 aromatic heterocycles. The van der Waals surface area contributed by atoms with Gasteiger partial charge >= 0.3 is 0 Å². The van der Waals surface area contributed by atoms with E-state index in [1.807, 2.05) is 36.4 Å². The highest BCUT2D eigenvalue weighted by Gasteiger charge is 2.15. The van der Waals surface area contributed by atoms with Crippen molar-refractivity contribution in [3.63, 3.8) is 0 Å². The summed E-state index contributed by atoms with van der Waals surface area (Å²) in [6.07, 6.45) is 0. The van der Waals surface area contributed by atoms with Gasteiger partial charge in [0.2, 0.25) is 0 Å². The topological polar surface area (TPSA) is 42.5 Å². The standard InChI is InChI=1S/C19H24N2O2/c1-22-18-7-5-15(6-8-18)14-23-19-4-2-3-16(9-19)10-20-11-17-12-21-13-17/h2-9,17,20-21H,10-14H2,1H3. The maximum atomic E-state index is 5.89. The summed E-state index contributed by atoms with van der Waals surface area (Å²) >= 11 is 0. The van der Waals surface area contributed by atoms with Crippen LogP contribution in [0.2, 0.25) is 0 Å². The van der Waals surface area contributed by atoms with Crippen LogP contribution in [0.4, 0.5) is 0 Å². The van der Waals surface area contributed by atoms with Crippen LogP contribution in [0.1, 0.15) is 11.1 Å². The highest BCUT2D eigenvalue weighted by atomic mass is 16.5. The monoisotopic (exact) mass is 312 g/mol. The van der Waals surface area contributed by atoms with Crippen molar-refractivity contribution in [1.29, 1.82) is 0 Å². The van der Waals surface area contributed by atoms with Crippen molar-refractivity contribution in [3.05, 3.63) is 59.7 Å². The van der Waals surface area contributed by atoms with E-state index in [9.17, 15) is 0 Å².